The van der Waals surface area contributed by atoms with E-state index in [0.29, 0.717) is 35.3 Å². The van der Waals surface area contributed by atoms with Gasteiger partial charge in [0.1, 0.15) is 11.4 Å². The van der Waals surface area contributed by atoms with E-state index in [2.05, 4.69) is 69.1 Å². The van der Waals surface area contributed by atoms with Gasteiger partial charge in [-0.15, -0.1) is 0 Å². The molecule has 63 heavy (non-hydrogen) atoms. The van der Waals surface area contributed by atoms with Gasteiger partial charge in [0.15, 0.2) is 0 Å². The number of carbonyl (C=O) groups is 2. The SMILES string of the molecule is CNC(=O)c1ccc(N2CCN(C3C=CC(c4cc5c(c(=O)[nH]4)CCCC5)C3)CC2)cn1.NC(=O)c1ccc(N2CCN(C3CCC(c4cc5c(c(=O)[nH]4)CCCC5)C3)CC2)cn1. The maximum Gasteiger partial charge on any atom is 0.269 e. The van der Waals surface area contributed by atoms with E-state index < -0.39 is 5.91 Å². The summed E-state index contributed by atoms with van der Waals surface area (Å²) in [6, 6.07) is 12.9. The number of primary amides is 1. The summed E-state index contributed by atoms with van der Waals surface area (Å²) in [7, 11) is 1.61. The molecule has 0 aromatic carbocycles. The molecule has 10 rings (SSSR count). The number of nitrogens with one attached hydrogen (secondary N) is 3. The van der Waals surface area contributed by atoms with Crippen molar-refractivity contribution < 1.29 is 9.59 Å². The van der Waals surface area contributed by atoms with Gasteiger partial charge in [0.2, 0.25) is 0 Å². The van der Waals surface area contributed by atoms with Crippen molar-refractivity contribution in [1.82, 2.24) is 35.1 Å². The van der Waals surface area contributed by atoms with Crippen LogP contribution in [0.15, 0.2) is 70.5 Å². The number of pyridine rings is 4. The molecule has 332 valence electrons. The number of rotatable bonds is 8. The first-order valence-corrected chi connectivity index (χ1v) is 23.3. The van der Waals surface area contributed by atoms with Crippen LogP contribution in [0, 0.1) is 0 Å². The Bertz CT molecular complexity index is 2410. The molecule has 4 aliphatic carbocycles. The molecule has 5 N–H and O–H groups in total. The number of fused-ring (bicyclic) bond motifs is 2. The first kappa shape index (κ1) is 42.7. The lowest BCUT2D eigenvalue weighted by Gasteiger charge is -2.39. The first-order valence-electron chi connectivity index (χ1n) is 23.3. The number of carbonyl (C=O) groups excluding carboxylic acids is 2. The standard InChI is InChI=1S/C25H31N5O2.C24H31N5O2/c1-26-25(32)22-9-8-20(16-27-22)30-12-10-29(11-13-30)19-7-6-18(14-19)23-15-17-4-2-3-5-21(17)24(31)28-23;25-23(30)21-8-7-19(15-26-21)29-11-9-28(10-12-29)18-6-5-17(13-18)22-14-16-3-1-2-4-20(16)24(31)27-22/h6-9,15-16,18-19H,2-5,10-14H2,1H3,(H,26,32)(H,28,31);7-8,14-15,17-18H,1-6,9-13H2,(H2,25,30)(H,27,31). The van der Waals surface area contributed by atoms with Crippen LogP contribution < -0.4 is 32.0 Å². The van der Waals surface area contributed by atoms with Gasteiger partial charge in [-0.3, -0.25) is 29.0 Å². The van der Waals surface area contributed by atoms with E-state index in [9.17, 15) is 19.2 Å². The second-order valence-corrected chi connectivity index (χ2v) is 18.3. The van der Waals surface area contributed by atoms with Crippen molar-refractivity contribution >= 4 is 23.2 Å². The maximum atomic E-state index is 12.6. The minimum atomic E-state index is -0.493. The number of amides is 2. The molecule has 0 radical (unpaired) electrons. The molecule has 2 saturated heterocycles. The number of nitrogens with zero attached hydrogens (tertiary/aromatic N) is 6. The van der Waals surface area contributed by atoms with Crippen LogP contribution in [-0.4, -0.2) is 113 Å². The summed E-state index contributed by atoms with van der Waals surface area (Å²) in [6.07, 6.45) is 21.2. The Morgan fingerprint density at radius 1 is 0.667 bits per heavy atom. The number of H-pyrrole nitrogens is 2. The summed E-state index contributed by atoms with van der Waals surface area (Å²) in [6.45, 7) is 7.80. The molecule has 6 heterocycles. The number of allylic oxidation sites excluding steroid dienone is 1. The minimum absolute atomic E-state index is 0.124. The van der Waals surface area contributed by atoms with Crippen molar-refractivity contribution in [3.63, 3.8) is 0 Å². The van der Waals surface area contributed by atoms with E-state index in [1.165, 1.54) is 30.4 Å². The van der Waals surface area contributed by atoms with Gasteiger partial charge in [0.05, 0.1) is 23.8 Å². The summed E-state index contributed by atoms with van der Waals surface area (Å²) in [4.78, 5) is 72.7. The van der Waals surface area contributed by atoms with Gasteiger partial charge < -0.3 is 30.8 Å². The van der Waals surface area contributed by atoms with E-state index in [1.54, 1.807) is 31.6 Å². The van der Waals surface area contributed by atoms with Crippen LogP contribution in [0.1, 0.15) is 118 Å². The highest BCUT2D eigenvalue weighted by molar-refractivity contribution is 5.92. The Kier molecular flexibility index (Phi) is 12.9. The number of aryl methyl sites for hydroxylation is 2. The van der Waals surface area contributed by atoms with Gasteiger partial charge in [-0.25, -0.2) is 9.97 Å². The van der Waals surface area contributed by atoms with Gasteiger partial charge in [0.25, 0.3) is 22.9 Å². The maximum absolute atomic E-state index is 12.6. The molecule has 3 fully saturated rings. The molecule has 4 aromatic heterocycles. The summed E-state index contributed by atoms with van der Waals surface area (Å²) < 4.78 is 0. The fourth-order valence-corrected chi connectivity index (χ4v) is 10.9. The quantitative estimate of drug-likeness (QED) is 0.186. The summed E-state index contributed by atoms with van der Waals surface area (Å²) >= 11 is 0. The van der Waals surface area contributed by atoms with Gasteiger partial charge in [-0.2, -0.15) is 0 Å². The van der Waals surface area contributed by atoms with Gasteiger partial charge >= 0.3 is 0 Å². The van der Waals surface area contributed by atoms with Crippen LogP contribution in [0.3, 0.4) is 0 Å². The zero-order valence-electron chi connectivity index (χ0n) is 36.6. The predicted molar refractivity (Wildman–Crippen MR) is 246 cm³/mol. The highest BCUT2D eigenvalue weighted by atomic mass is 16.2. The molecule has 14 heteroatoms. The molecule has 4 unspecified atom stereocenters. The predicted octanol–water partition coefficient (Wildman–Crippen LogP) is 4.45. The lowest BCUT2D eigenvalue weighted by atomic mass is 9.90. The van der Waals surface area contributed by atoms with Crippen LogP contribution in [0.5, 0.6) is 0 Å². The van der Waals surface area contributed by atoms with E-state index in [0.717, 1.165) is 144 Å². The van der Waals surface area contributed by atoms with Crippen LogP contribution in [-0.2, 0) is 25.7 Å². The Labute approximate surface area is 369 Å². The molecule has 0 spiro atoms. The van der Waals surface area contributed by atoms with Crippen molar-refractivity contribution in [1.29, 1.82) is 0 Å². The average molecular weight is 855 g/mol. The molecule has 2 aliphatic heterocycles. The lowest BCUT2D eigenvalue weighted by Crippen LogP contribution is -2.49. The molecule has 14 nitrogen and oxygen atoms in total. The molecule has 4 atom stereocenters. The monoisotopic (exact) mass is 854 g/mol. The Balaban J connectivity index is 0.000000160. The van der Waals surface area contributed by atoms with Crippen molar-refractivity contribution in [2.24, 2.45) is 5.73 Å². The minimum Gasteiger partial charge on any atom is -0.368 e. The fraction of sp³-hybridized carbons (Fsp3) is 0.510. The van der Waals surface area contributed by atoms with Crippen LogP contribution in [0.4, 0.5) is 11.4 Å². The number of anilines is 2. The van der Waals surface area contributed by atoms with Crippen LogP contribution in [0.2, 0.25) is 0 Å². The first-order chi connectivity index (χ1) is 30.7. The topological polar surface area (TPSA) is 177 Å². The highest BCUT2D eigenvalue weighted by Crippen LogP contribution is 2.38. The number of hydrogen-bond donors (Lipinski definition) is 4. The Hall–Kier alpha value is -5.60. The third-order valence-electron chi connectivity index (χ3n) is 14.6. The number of aromatic nitrogens is 4. The number of aromatic amines is 2. The average Bonchev–Trinajstić information content (AvgIpc) is 4.04. The van der Waals surface area contributed by atoms with Crippen LogP contribution >= 0.6 is 0 Å². The van der Waals surface area contributed by atoms with Crippen LogP contribution in [0.25, 0.3) is 0 Å². The van der Waals surface area contributed by atoms with Gasteiger partial charge in [-0.05, 0) is 125 Å². The van der Waals surface area contributed by atoms with Gasteiger partial charge in [0, 0.05) is 106 Å². The smallest absolute Gasteiger partial charge is 0.269 e. The molecule has 6 aliphatic rings. The largest absolute Gasteiger partial charge is 0.368 e. The second kappa shape index (κ2) is 19.0. The van der Waals surface area contributed by atoms with E-state index >= 15 is 0 Å². The summed E-state index contributed by atoms with van der Waals surface area (Å²) in [5, 5.41) is 2.60. The second-order valence-electron chi connectivity index (χ2n) is 18.3. The molecule has 4 aromatic rings. The summed E-state index contributed by atoms with van der Waals surface area (Å²) in [5.74, 6) is 0.101. The molecule has 2 amide bonds. The molecule has 0 bridgehead atoms. The zero-order valence-corrected chi connectivity index (χ0v) is 36.6. The highest BCUT2D eigenvalue weighted by Gasteiger charge is 2.34. The van der Waals surface area contributed by atoms with E-state index in [4.69, 9.17) is 5.73 Å². The molecule has 1 saturated carbocycles. The van der Waals surface area contributed by atoms with E-state index in [1.807, 2.05) is 12.1 Å². The molecular weight excluding hydrogens is 793 g/mol. The van der Waals surface area contributed by atoms with Crippen molar-refractivity contribution in [3.8, 4) is 0 Å². The molecular formula is C49H62N10O4. The zero-order chi connectivity index (χ0) is 43.5. The fourth-order valence-electron chi connectivity index (χ4n) is 10.9. The third-order valence-corrected chi connectivity index (χ3v) is 14.6. The Morgan fingerprint density at radius 2 is 1.22 bits per heavy atom. The number of hydrogen-bond acceptors (Lipinski definition) is 10. The third kappa shape index (κ3) is 9.52. The van der Waals surface area contributed by atoms with Gasteiger partial charge in [-0.1, -0.05) is 12.2 Å². The number of piperazine rings is 2. The lowest BCUT2D eigenvalue weighted by molar-refractivity contribution is 0.0956. The van der Waals surface area contributed by atoms with E-state index in [-0.39, 0.29) is 17.0 Å². The van der Waals surface area contributed by atoms with Crippen molar-refractivity contribution in [3.05, 3.63) is 127 Å². The van der Waals surface area contributed by atoms with Crippen molar-refractivity contribution in [2.75, 3.05) is 69.2 Å². The normalized spacial score (nSPS) is 23.7. The summed E-state index contributed by atoms with van der Waals surface area (Å²) in [5.41, 5.74) is 15.2. The number of nitrogens with two attached hydrogens (primary N) is 1. The van der Waals surface area contributed by atoms with Crippen molar-refractivity contribution in [2.45, 2.75) is 101 Å². The Morgan fingerprint density at radius 3 is 1.79 bits per heavy atom.